The number of phosphoric acid groups is 1. The molecule has 2 unspecified atom stereocenters. The van der Waals surface area contributed by atoms with E-state index in [1.165, 1.54) is 0 Å². The largest absolute Gasteiger partial charge is 0.472 e. The van der Waals surface area contributed by atoms with E-state index in [1.54, 1.807) is 0 Å². The summed E-state index contributed by atoms with van der Waals surface area (Å²) in [6.45, 7) is 4.08. The third-order valence-corrected chi connectivity index (χ3v) is 6.92. The van der Waals surface area contributed by atoms with Gasteiger partial charge in [-0.2, -0.15) is 0 Å². The van der Waals surface area contributed by atoms with Crippen molar-refractivity contribution in [3.8, 4) is 0 Å². The fourth-order valence-electron chi connectivity index (χ4n) is 3.49. The number of ether oxygens (including phenoxy) is 2. The normalized spacial score (nSPS) is 14.6. The molecule has 2 atom stereocenters. The SMILES string of the molecule is CC/C=C\C/C=C\C/C=C\CCCCCC(=O)OC(COC(=O)CCCCCC)COP(=O)(O)OCC[N+](C)(C)C. The lowest BCUT2D eigenvalue weighted by atomic mass is 10.1. The van der Waals surface area contributed by atoms with Crippen LogP contribution in [0.3, 0.4) is 0 Å². The minimum Gasteiger partial charge on any atom is -0.462 e. The van der Waals surface area contributed by atoms with E-state index in [-0.39, 0.29) is 26.1 Å². The zero-order valence-electron chi connectivity index (χ0n) is 26.3. The Kier molecular flexibility index (Phi) is 23.7. The fraction of sp³-hybridized carbons (Fsp3) is 0.742. The maximum Gasteiger partial charge on any atom is 0.472 e. The van der Waals surface area contributed by atoms with Crippen molar-refractivity contribution in [2.45, 2.75) is 103 Å². The maximum absolute atomic E-state index is 12.4. The van der Waals surface area contributed by atoms with Gasteiger partial charge in [-0.3, -0.25) is 18.6 Å². The van der Waals surface area contributed by atoms with E-state index >= 15 is 0 Å². The molecule has 0 amide bonds. The first-order valence-corrected chi connectivity index (χ1v) is 16.7. The van der Waals surface area contributed by atoms with Crippen molar-refractivity contribution in [2.75, 3.05) is 47.5 Å². The number of quaternary nitrogens is 1. The highest BCUT2D eigenvalue weighted by Gasteiger charge is 2.27. The molecule has 0 aliphatic heterocycles. The van der Waals surface area contributed by atoms with Crippen molar-refractivity contribution >= 4 is 19.8 Å². The number of unbranched alkanes of at least 4 members (excludes halogenated alkanes) is 6. The average Bonchev–Trinajstić information content (AvgIpc) is 2.90. The molecule has 0 saturated carbocycles. The van der Waals surface area contributed by atoms with Gasteiger partial charge in [0.15, 0.2) is 6.10 Å². The summed E-state index contributed by atoms with van der Waals surface area (Å²) in [5, 5.41) is 0. The van der Waals surface area contributed by atoms with Crippen LogP contribution in [0.15, 0.2) is 36.5 Å². The molecule has 0 heterocycles. The first-order chi connectivity index (χ1) is 19.5. The predicted molar refractivity (Wildman–Crippen MR) is 164 cm³/mol. The summed E-state index contributed by atoms with van der Waals surface area (Å²) in [4.78, 5) is 34.6. The van der Waals surface area contributed by atoms with Gasteiger partial charge in [-0.25, -0.2) is 4.57 Å². The van der Waals surface area contributed by atoms with Gasteiger partial charge in [0.1, 0.15) is 19.8 Å². The first-order valence-electron chi connectivity index (χ1n) is 15.2. The van der Waals surface area contributed by atoms with Gasteiger partial charge in [0.2, 0.25) is 0 Å². The van der Waals surface area contributed by atoms with Crippen LogP contribution in [0.4, 0.5) is 0 Å². The second kappa shape index (κ2) is 24.8. The molecule has 1 N–H and O–H groups in total. The summed E-state index contributed by atoms with van der Waals surface area (Å²) in [6.07, 6.45) is 22.6. The molecule has 10 heteroatoms. The van der Waals surface area contributed by atoms with Crippen LogP contribution < -0.4 is 0 Å². The average molecular weight is 603 g/mol. The third-order valence-electron chi connectivity index (χ3n) is 5.93. The molecule has 9 nitrogen and oxygen atoms in total. The Morgan fingerprint density at radius 1 is 0.780 bits per heavy atom. The summed E-state index contributed by atoms with van der Waals surface area (Å²) in [6, 6.07) is 0. The Balaban J connectivity index is 4.53. The van der Waals surface area contributed by atoms with Crippen LogP contribution in [-0.2, 0) is 32.7 Å². The predicted octanol–water partition coefficient (Wildman–Crippen LogP) is 7.06. The van der Waals surface area contributed by atoms with Crippen LogP contribution in [0.5, 0.6) is 0 Å². The van der Waals surface area contributed by atoms with Crippen molar-refractivity contribution in [3.05, 3.63) is 36.5 Å². The Morgan fingerprint density at radius 2 is 1.39 bits per heavy atom. The molecule has 0 aromatic rings. The molecule has 0 aliphatic rings. The fourth-order valence-corrected chi connectivity index (χ4v) is 4.24. The smallest absolute Gasteiger partial charge is 0.462 e. The molecule has 0 spiro atoms. The lowest BCUT2D eigenvalue weighted by Gasteiger charge is -2.24. The number of carbonyl (C=O) groups is 2. The highest BCUT2D eigenvalue weighted by atomic mass is 31.2. The second-order valence-corrected chi connectivity index (χ2v) is 12.6. The number of hydrogen-bond acceptors (Lipinski definition) is 7. The number of nitrogens with zero attached hydrogens (tertiary/aromatic N) is 1. The highest BCUT2D eigenvalue weighted by molar-refractivity contribution is 7.47. The van der Waals surface area contributed by atoms with Gasteiger partial charge in [-0.15, -0.1) is 0 Å². The lowest BCUT2D eigenvalue weighted by molar-refractivity contribution is -0.870. The lowest BCUT2D eigenvalue weighted by Crippen LogP contribution is -2.37. The van der Waals surface area contributed by atoms with Crippen LogP contribution in [-0.4, -0.2) is 74.9 Å². The summed E-state index contributed by atoms with van der Waals surface area (Å²) < 4.78 is 33.7. The minimum absolute atomic E-state index is 0.0248. The van der Waals surface area contributed by atoms with Gasteiger partial charge in [-0.05, 0) is 44.9 Å². The highest BCUT2D eigenvalue weighted by Crippen LogP contribution is 2.43. The molecule has 0 radical (unpaired) electrons. The zero-order chi connectivity index (χ0) is 30.8. The van der Waals surface area contributed by atoms with Gasteiger partial charge in [0, 0.05) is 12.8 Å². The van der Waals surface area contributed by atoms with Crippen molar-refractivity contribution < 1.29 is 42.1 Å². The Hall–Kier alpha value is -1.77. The van der Waals surface area contributed by atoms with Crippen LogP contribution in [0.1, 0.15) is 97.3 Å². The summed E-state index contributed by atoms with van der Waals surface area (Å²) in [5.41, 5.74) is 0. The quantitative estimate of drug-likeness (QED) is 0.0369. The monoisotopic (exact) mass is 602 g/mol. The van der Waals surface area contributed by atoms with Gasteiger partial charge in [-0.1, -0.05) is 76.0 Å². The number of rotatable bonds is 26. The molecule has 238 valence electrons. The maximum atomic E-state index is 12.4. The Labute approximate surface area is 249 Å². The molecule has 0 fully saturated rings. The van der Waals surface area contributed by atoms with E-state index in [2.05, 4.69) is 50.3 Å². The minimum atomic E-state index is -4.36. The van der Waals surface area contributed by atoms with Gasteiger partial charge < -0.3 is 18.9 Å². The number of hydrogen-bond donors (Lipinski definition) is 1. The van der Waals surface area contributed by atoms with Crippen molar-refractivity contribution in [2.24, 2.45) is 0 Å². The van der Waals surface area contributed by atoms with E-state index in [0.717, 1.165) is 64.2 Å². The second-order valence-electron chi connectivity index (χ2n) is 11.1. The number of likely N-dealkylation sites (N-methyl/N-ethyl adjacent to an activating group) is 1. The van der Waals surface area contributed by atoms with Crippen LogP contribution in [0.2, 0.25) is 0 Å². The van der Waals surface area contributed by atoms with E-state index in [1.807, 2.05) is 21.1 Å². The van der Waals surface area contributed by atoms with Crippen LogP contribution >= 0.6 is 7.82 Å². The summed E-state index contributed by atoms with van der Waals surface area (Å²) in [7, 11) is 1.44. The Bertz CT molecular complexity index is 819. The van der Waals surface area contributed by atoms with E-state index in [9.17, 15) is 19.0 Å². The molecule has 0 aromatic carbocycles. The zero-order valence-corrected chi connectivity index (χ0v) is 27.2. The summed E-state index contributed by atoms with van der Waals surface area (Å²) in [5.74, 6) is -0.862. The molecule has 0 bridgehead atoms. The summed E-state index contributed by atoms with van der Waals surface area (Å²) >= 11 is 0. The molecule has 0 rings (SSSR count). The molecular formula is C31H57NO8P+. The first kappa shape index (κ1) is 39.2. The van der Waals surface area contributed by atoms with E-state index < -0.39 is 32.5 Å². The molecule has 41 heavy (non-hydrogen) atoms. The number of allylic oxidation sites excluding steroid dienone is 6. The van der Waals surface area contributed by atoms with E-state index in [4.69, 9.17) is 18.5 Å². The molecular weight excluding hydrogens is 545 g/mol. The molecule has 0 aliphatic carbocycles. The van der Waals surface area contributed by atoms with Gasteiger partial charge in [0.05, 0.1) is 27.7 Å². The standard InChI is InChI=1S/C31H56NO8P/c1-6-8-10-12-13-14-15-16-17-18-19-20-22-24-31(34)40-29(27-37-30(33)23-21-11-9-7-2)28-39-41(35,36)38-26-25-32(3,4)5/h8,10,13-14,16-17,29H,6-7,9,11-12,15,18-28H2,1-5H3/p+1/b10-8-,14-13-,17-16-. The Morgan fingerprint density at radius 3 is 2.02 bits per heavy atom. The van der Waals surface area contributed by atoms with Crippen molar-refractivity contribution in [1.29, 1.82) is 0 Å². The van der Waals surface area contributed by atoms with Crippen molar-refractivity contribution in [1.82, 2.24) is 0 Å². The molecule has 0 aromatic heterocycles. The number of carbonyl (C=O) groups excluding carboxylic acids is 2. The molecule has 0 saturated heterocycles. The van der Waals surface area contributed by atoms with Crippen LogP contribution in [0, 0.1) is 0 Å². The van der Waals surface area contributed by atoms with Crippen LogP contribution in [0.25, 0.3) is 0 Å². The topological polar surface area (TPSA) is 108 Å². The van der Waals surface area contributed by atoms with E-state index in [0.29, 0.717) is 17.4 Å². The van der Waals surface area contributed by atoms with Gasteiger partial charge >= 0.3 is 19.8 Å². The van der Waals surface area contributed by atoms with Gasteiger partial charge in [0.25, 0.3) is 0 Å². The third kappa shape index (κ3) is 28.1. The number of phosphoric ester groups is 1. The van der Waals surface area contributed by atoms with Crippen molar-refractivity contribution in [3.63, 3.8) is 0 Å². The number of esters is 2.